The number of carbonyl (C=O) groups is 1. The SMILES string of the molecule is CCOc1cc(C(=O)NCC(c2ccccc2)c2c[nH]c3ccccc23)cc(Cl)c1O. The van der Waals surface area contributed by atoms with Crippen LogP contribution in [0.15, 0.2) is 72.9 Å². The highest BCUT2D eigenvalue weighted by Gasteiger charge is 2.20. The number of carbonyl (C=O) groups excluding carboxylic acids is 1. The van der Waals surface area contributed by atoms with Crippen molar-refractivity contribution in [2.75, 3.05) is 13.2 Å². The third-order valence-electron chi connectivity index (χ3n) is 5.26. The molecule has 0 radical (unpaired) electrons. The second-order valence-corrected chi connectivity index (χ2v) is 7.61. The zero-order chi connectivity index (χ0) is 21.8. The van der Waals surface area contributed by atoms with E-state index in [4.69, 9.17) is 16.3 Å². The van der Waals surface area contributed by atoms with E-state index in [1.807, 2.05) is 42.6 Å². The molecule has 0 saturated heterocycles. The smallest absolute Gasteiger partial charge is 0.251 e. The summed E-state index contributed by atoms with van der Waals surface area (Å²) in [5, 5.41) is 14.3. The molecule has 1 heterocycles. The maximum Gasteiger partial charge on any atom is 0.251 e. The Morgan fingerprint density at radius 3 is 2.65 bits per heavy atom. The van der Waals surface area contributed by atoms with Gasteiger partial charge in [-0.2, -0.15) is 0 Å². The minimum atomic E-state index is -0.288. The van der Waals surface area contributed by atoms with Gasteiger partial charge in [-0.25, -0.2) is 0 Å². The van der Waals surface area contributed by atoms with Crippen LogP contribution >= 0.6 is 11.6 Å². The lowest BCUT2D eigenvalue weighted by Gasteiger charge is -2.18. The molecule has 3 aromatic carbocycles. The number of phenolic OH excluding ortho intramolecular Hbond substituents is 1. The molecule has 0 fully saturated rings. The number of fused-ring (bicyclic) bond motifs is 1. The highest BCUT2D eigenvalue weighted by Crippen LogP contribution is 2.35. The van der Waals surface area contributed by atoms with Crippen LogP contribution in [0, 0.1) is 0 Å². The van der Waals surface area contributed by atoms with E-state index in [0.29, 0.717) is 18.7 Å². The van der Waals surface area contributed by atoms with Crippen molar-refractivity contribution in [2.45, 2.75) is 12.8 Å². The summed E-state index contributed by atoms with van der Waals surface area (Å²) in [4.78, 5) is 16.2. The summed E-state index contributed by atoms with van der Waals surface area (Å²) < 4.78 is 5.39. The summed E-state index contributed by atoms with van der Waals surface area (Å²) in [5.41, 5.74) is 3.60. The molecule has 0 aliphatic carbocycles. The first-order valence-electron chi connectivity index (χ1n) is 10.1. The summed E-state index contributed by atoms with van der Waals surface area (Å²) in [6, 6.07) is 21.1. The fourth-order valence-electron chi connectivity index (χ4n) is 3.74. The summed E-state index contributed by atoms with van der Waals surface area (Å²) in [7, 11) is 0. The van der Waals surface area contributed by atoms with Gasteiger partial charge in [0.1, 0.15) is 0 Å². The third-order valence-corrected chi connectivity index (χ3v) is 5.54. The molecular formula is C25H23ClN2O3. The lowest BCUT2D eigenvalue weighted by Crippen LogP contribution is -2.29. The number of amides is 1. The van der Waals surface area contributed by atoms with Gasteiger partial charge in [0, 0.05) is 35.1 Å². The van der Waals surface area contributed by atoms with Gasteiger partial charge >= 0.3 is 0 Å². The molecule has 4 rings (SSSR count). The Hall–Kier alpha value is -3.44. The average Bonchev–Trinajstić information content (AvgIpc) is 3.21. The number of halogens is 1. The first-order chi connectivity index (χ1) is 15.1. The predicted molar refractivity (Wildman–Crippen MR) is 123 cm³/mol. The van der Waals surface area contributed by atoms with E-state index in [1.54, 1.807) is 6.92 Å². The highest BCUT2D eigenvalue weighted by atomic mass is 35.5. The lowest BCUT2D eigenvalue weighted by atomic mass is 9.91. The average molecular weight is 435 g/mol. The molecule has 5 nitrogen and oxygen atoms in total. The van der Waals surface area contributed by atoms with Gasteiger partial charge in [0.05, 0.1) is 11.6 Å². The Morgan fingerprint density at radius 1 is 1.13 bits per heavy atom. The first-order valence-corrected chi connectivity index (χ1v) is 10.5. The van der Waals surface area contributed by atoms with Crippen molar-refractivity contribution in [1.29, 1.82) is 0 Å². The highest BCUT2D eigenvalue weighted by molar-refractivity contribution is 6.32. The van der Waals surface area contributed by atoms with Crippen molar-refractivity contribution in [3.8, 4) is 11.5 Å². The van der Waals surface area contributed by atoms with Crippen molar-refractivity contribution in [2.24, 2.45) is 0 Å². The quantitative estimate of drug-likeness (QED) is 0.360. The number of nitrogens with one attached hydrogen (secondary N) is 2. The number of hydrogen-bond donors (Lipinski definition) is 3. The van der Waals surface area contributed by atoms with Crippen LogP contribution in [0.5, 0.6) is 11.5 Å². The number of benzene rings is 3. The Balaban J connectivity index is 1.62. The third kappa shape index (κ3) is 4.37. The van der Waals surface area contributed by atoms with Gasteiger partial charge in [-0.3, -0.25) is 4.79 Å². The second-order valence-electron chi connectivity index (χ2n) is 7.20. The van der Waals surface area contributed by atoms with Gasteiger partial charge in [-0.05, 0) is 36.2 Å². The van der Waals surface area contributed by atoms with Crippen molar-refractivity contribution < 1.29 is 14.6 Å². The summed E-state index contributed by atoms with van der Waals surface area (Å²) in [5.74, 6) is -0.304. The molecule has 4 aromatic rings. The van der Waals surface area contributed by atoms with E-state index in [9.17, 15) is 9.90 Å². The van der Waals surface area contributed by atoms with E-state index in [-0.39, 0.29) is 28.3 Å². The topological polar surface area (TPSA) is 74.3 Å². The van der Waals surface area contributed by atoms with Crippen LogP contribution in [-0.4, -0.2) is 29.1 Å². The molecule has 0 aliphatic heterocycles. The fraction of sp³-hybridized carbons (Fsp3) is 0.160. The van der Waals surface area contributed by atoms with Crippen molar-refractivity contribution in [3.05, 3.63) is 94.6 Å². The maximum absolute atomic E-state index is 12.9. The van der Waals surface area contributed by atoms with Crippen LogP contribution in [0.25, 0.3) is 10.9 Å². The zero-order valence-electron chi connectivity index (χ0n) is 17.1. The minimum absolute atomic E-state index is 0.0414. The molecule has 31 heavy (non-hydrogen) atoms. The number of ether oxygens (including phenoxy) is 1. The van der Waals surface area contributed by atoms with Crippen molar-refractivity contribution in [3.63, 3.8) is 0 Å². The molecular weight excluding hydrogens is 412 g/mol. The number of aromatic nitrogens is 1. The number of hydrogen-bond acceptors (Lipinski definition) is 3. The molecule has 1 unspecified atom stereocenters. The van der Waals surface area contributed by atoms with E-state index in [0.717, 1.165) is 22.0 Å². The molecule has 3 N–H and O–H groups in total. The van der Waals surface area contributed by atoms with Gasteiger partial charge in [-0.1, -0.05) is 60.1 Å². The van der Waals surface area contributed by atoms with Gasteiger partial charge < -0.3 is 20.1 Å². The van der Waals surface area contributed by atoms with Crippen LogP contribution in [0.4, 0.5) is 0 Å². The number of aromatic amines is 1. The molecule has 0 spiro atoms. The van der Waals surface area contributed by atoms with E-state index in [2.05, 4.69) is 28.5 Å². The number of H-pyrrole nitrogens is 1. The molecule has 1 amide bonds. The second kappa shape index (κ2) is 9.14. The maximum atomic E-state index is 12.9. The Labute approximate surface area is 185 Å². The number of aromatic hydroxyl groups is 1. The van der Waals surface area contributed by atoms with E-state index in [1.165, 1.54) is 12.1 Å². The monoisotopic (exact) mass is 434 g/mol. The summed E-state index contributed by atoms with van der Waals surface area (Å²) in [6.45, 7) is 2.55. The first kappa shape index (κ1) is 20.8. The largest absolute Gasteiger partial charge is 0.503 e. The van der Waals surface area contributed by atoms with Gasteiger partial charge in [0.15, 0.2) is 11.5 Å². The van der Waals surface area contributed by atoms with Gasteiger partial charge in [-0.15, -0.1) is 0 Å². The molecule has 1 atom stereocenters. The molecule has 158 valence electrons. The number of para-hydroxylation sites is 1. The molecule has 0 aliphatic rings. The molecule has 0 bridgehead atoms. The molecule has 1 aromatic heterocycles. The van der Waals surface area contributed by atoms with Crippen molar-refractivity contribution in [1.82, 2.24) is 10.3 Å². The standard InChI is InChI=1S/C25H23ClN2O3/c1-2-31-23-13-17(12-21(26)24(23)29)25(30)28-14-19(16-8-4-3-5-9-16)20-15-27-22-11-7-6-10-18(20)22/h3-13,15,19,27,29H,2,14H2,1H3,(H,28,30). The van der Waals surface area contributed by atoms with Crippen LogP contribution in [0.2, 0.25) is 5.02 Å². The Morgan fingerprint density at radius 2 is 1.87 bits per heavy atom. The molecule has 6 heteroatoms. The van der Waals surface area contributed by atoms with Crippen LogP contribution < -0.4 is 10.1 Å². The van der Waals surface area contributed by atoms with Crippen LogP contribution in [0.3, 0.4) is 0 Å². The fourth-order valence-corrected chi connectivity index (χ4v) is 3.95. The minimum Gasteiger partial charge on any atom is -0.503 e. The Kier molecular flexibility index (Phi) is 6.14. The van der Waals surface area contributed by atoms with Gasteiger partial charge in [0.2, 0.25) is 0 Å². The predicted octanol–water partition coefficient (Wildman–Crippen LogP) is 5.49. The van der Waals surface area contributed by atoms with Crippen LogP contribution in [0.1, 0.15) is 34.3 Å². The normalized spacial score (nSPS) is 11.9. The Bertz CT molecular complexity index is 1200. The zero-order valence-corrected chi connectivity index (χ0v) is 17.8. The van der Waals surface area contributed by atoms with Crippen molar-refractivity contribution >= 4 is 28.4 Å². The van der Waals surface area contributed by atoms with E-state index >= 15 is 0 Å². The number of phenols is 1. The molecule has 0 saturated carbocycles. The van der Waals surface area contributed by atoms with Gasteiger partial charge in [0.25, 0.3) is 5.91 Å². The number of rotatable bonds is 7. The summed E-state index contributed by atoms with van der Waals surface area (Å²) in [6.07, 6.45) is 2.00. The van der Waals surface area contributed by atoms with Crippen LogP contribution in [-0.2, 0) is 0 Å². The summed E-state index contributed by atoms with van der Waals surface area (Å²) >= 11 is 6.09. The lowest BCUT2D eigenvalue weighted by molar-refractivity contribution is 0.0952. The van der Waals surface area contributed by atoms with E-state index < -0.39 is 0 Å².